The third-order valence-electron chi connectivity index (χ3n) is 2.80. The summed E-state index contributed by atoms with van der Waals surface area (Å²) in [6.45, 7) is 3.37. The first-order valence-electron chi connectivity index (χ1n) is 6.07. The van der Waals surface area contributed by atoms with Crippen LogP contribution >= 0.6 is 11.6 Å². The summed E-state index contributed by atoms with van der Waals surface area (Å²) in [6.07, 6.45) is 2.63. The molecule has 0 radical (unpaired) electrons. The third-order valence-corrected chi connectivity index (χ3v) is 3.09. The van der Waals surface area contributed by atoms with E-state index in [0.717, 1.165) is 12.8 Å². The number of hydrogen-bond donors (Lipinski definition) is 2. The quantitative estimate of drug-likeness (QED) is 0.629. The molecule has 1 heterocycles. The molecule has 1 aromatic rings. The van der Waals surface area contributed by atoms with Crippen molar-refractivity contribution in [1.82, 2.24) is 15.3 Å². The fourth-order valence-corrected chi connectivity index (χ4v) is 1.84. The number of hydrogen-bond acceptors (Lipinski definition) is 5. The number of nitrogens with zero attached hydrogens (tertiary/aromatic N) is 2. The number of carbonyl (C=O) groups is 2. The Labute approximate surface area is 116 Å². The molecular formula is C12H15ClN4O2. The van der Waals surface area contributed by atoms with E-state index >= 15 is 0 Å². The van der Waals surface area contributed by atoms with Crippen molar-refractivity contribution in [3.8, 4) is 0 Å². The van der Waals surface area contributed by atoms with Gasteiger partial charge in [0.05, 0.1) is 5.56 Å². The Morgan fingerprint density at radius 3 is 2.74 bits per heavy atom. The smallest absolute Gasteiger partial charge is 0.242 e. The third kappa shape index (κ3) is 3.41. The highest BCUT2D eigenvalue weighted by molar-refractivity contribution is 6.32. The number of aldehydes is 1. The lowest BCUT2D eigenvalue weighted by Crippen LogP contribution is -2.39. The van der Waals surface area contributed by atoms with Gasteiger partial charge in [-0.3, -0.25) is 9.59 Å². The minimum atomic E-state index is -0.496. The zero-order valence-corrected chi connectivity index (χ0v) is 11.5. The van der Waals surface area contributed by atoms with Gasteiger partial charge in [-0.2, -0.15) is 0 Å². The van der Waals surface area contributed by atoms with Crippen molar-refractivity contribution in [3.05, 3.63) is 16.5 Å². The zero-order valence-electron chi connectivity index (χ0n) is 10.7. The highest BCUT2D eigenvalue weighted by Gasteiger charge is 2.26. The Balaban J connectivity index is 2.12. The molecule has 0 spiro atoms. The van der Waals surface area contributed by atoms with Gasteiger partial charge in [0.15, 0.2) is 6.29 Å². The van der Waals surface area contributed by atoms with E-state index in [1.807, 2.05) is 0 Å². The van der Waals surface area contributed by atoms with Crippen LogP contribution < -0.4 is 10.6 Å². The molecular weight excluding hydrogens is 268 g/mol. The molecule has 0 saturated heterocycles. The first kappa shape index (κ1) is 13.7. The molecule has 0 bridgehead atoms. The van der Waals surface area contributed by atoms with E-state index in [1.165, 1.54) is 0 Å². The summed E-state index contributed by atoms with van der Waals surface area (Å²) in [4.78, 5) is 30.8. The molecule has 7 heteroatoms. The SMILES string of the molecule is Cc1nc(Cl)c(C=O)c(NC(C)C(=O)NC2CC2)n1. The minimum Gasteiger partial charge on any atom is -0.358 e. The Morgan fingerprint density at radius 2 is 2.16 bits per heavy atom. The average Bonchev–Trinajstić information content (AvgIpc) is 3.12. The topological polar surface area (TPSA) is 84.0 Å². The van der Waals surface area contributed by atoms with Crippen LogP contribution in [0.5, 0.6) is 0 Å². The standard InChI is InChI=1S/C12H15ClN4O2/c1-6(12(19)17-8-3-4-8)14-11-9(5-18)10(13)15-7(2)16-11/h5-6,8H,3-4H2,1-2H3,(H,17,19)(H,14,15,16). The van der Waals surface area contributed by atoms with Gasteiger partial charge in [0, 0.05) is 6.04 Å². The van der Waals surface area contributed by atoms with E-state index in [0.29, 0.717) is 12.1 Å². The van der Waals surface area contributed by atoms with Crippen LogP contribution in [0, 0.1) is 6.92 Å². The highest BCUT2D eigenvalue weighted by atomic mass is 35.5. The molecule has 0 aliphatic heterocycles. The molecule has 1 aromatic heterocycles. The molecule has 1 aliphatic rings. The lowest BCUT2D eigenvalue weighted by atomic mass is 10.2. The summed E-state index contributed by atoms with van der Waals surface area (Å²) in [7, 11) is 0. The van der Waals surface area contributed by atoms with Gasteiger partial charge in [0.25, 0.3) is 0 Å². The molecule has 1 saturated carbocycles. The molecule has 1 atom stereocenters. The summed E-state index contributed by atoms with van der Waals surface area (Å²) in [6, 6.07) is -0.206. The van der Waals surface area contributed by atoms with E-state index < -0.39 is 6.04 Å². The predicted octanol–water partition coefficient (Wildman–Crippen LogP) is 1.33. The average molecular weight is 283 g/mol. The molecule has 1 unspecified atom stereocenters. The molecule has 1 aliphatic carbocycles. The second-order valence-electron chi connectivity index (χ2n) is 4.59. The van der Waals surface area contributed by atoms with Crippen LogP contribution in [0.15, 0.2) is 0 Å². The number of rotatable bonds is 5. The van der Waals surface area contributed by atoms with Crippen LogP contribution in [0.4, 0.5) is 5.82 Å². The number of amides is 1. The fraction of sp³-hybridized carbons (Fsp3) is 0.500. The van der Waals surface area contributed by atoms with Gasteiger partial charge >= 0.3 is 0 Å². The van der Waals surface area contributed by atoms with Crippen LogP contribution in [0.2, 0.25) is 5.15 Å². The molecule has 6 nitrogen and oxygen atoms in total. The van der Waals surface area contributed by atoms with Crippen molar-refractivity contribution in [2.45, 2.75) is 38.8 Å². The number of aryl methyl sites for hydroxylation is 1. The normalized spacial score (nSPS) is 15.7. The molecule has 0 aromatic carbocycles. The summed E-state index contributed by atoms with van der Waals surface area (Å²) in [5.74, 6) is 0.602. The van der Waals surface area contributed by atoms with Gasteiger partial charge in [0.2, 0.25) is 5.91 Å². The number of aromatic nitrogens is 2. The van der Waals surface area contributed by atoms with Gasteiger partial charge < -0.3 is 10.6 Å². The Bertz CT molecular complexity index is 517. The van der Waals surface area contributed by atoms with Crippen LogP contribution in [-0.2, 0) is 4.79 Å². The summed E-state index contributed by atoms with van der Waals surface area (Å²) in [5.41, 5.74) is 0.165. The van der Waals surface area contributed by atoms with Crippen molar-refractivity contribution >= 4 is 29.6 Å². The second-order valence-corrected chi connectivity index (χ2v) is 4.95. The van der Waals surface area contributed by atoms with E-state index in [9.17, 15) is 9.59 Å². The van der Waals surface area contributed by atoms with E-state index in [1.54, 1.807) is 13.8 Å². The summed E-state index contributed by atoms with van der Waals surface area (Å²) >= 11 is 5.87. The maximum Gasteiger partial charge on any atom is 0.242 e. The zero-order chi connectivity index (χ0) is 14.0. The maximum atomic E-state index is 11.8. The number of anilines is 1. The lowest BCUT2D eigenvalue weighted by molar-refractivity contribution is -0.121. The fourth-order valence-electron chi connectivity index (χ4n) is 1.59. The van der Waals surface area contributed by atoms with Gasteiger partial charge in [0.1, 0.15) is 22.8 Å². The largest absolute Gasteiger partial charge is 0.358 e. The van der Waals surface area contributed by atoms with Crippen LogP contribution in [0.3, 0.4) is 0 Å². The van der Waals surface area contributed by atoms with Crippen molar-refractivity contribution in [2.24, 2.45) is 0 Å². The van der Waals surface area contributed by atoms with Crippen molar-refractivity contribution < 1.29 is 9.59 Å². The predicted molar refractivity (Wildman–Crippen MR) is 71.4 cm³/mol. The van der Waals surface area contributed by atoms with Crippen molar-refractivity contribution in [2.75, 3.05) is 5.32 Å². The first-order chi connectivity index (χ1) is 9.01. The number of nitrogens with one attached hydrogen (secondary N) is 2. The molecule has 1 amide bonds. The van der Waals surface area contributed by atoms with E-state index in [-0.39, 0.29) is 28.5 Å². The van der Waals surface area contributed by atoms with Crippen LogP contribution in [-0.4, -0.2) is 34.2 Å². The van der Waals surface area contributed by atoms with Gasteiger partial charge in [-0.1, -0.05) is 11.6 Å². The van der Waals surface area contributed by atoms with Crippen LogP contribution in [0.1, 0.15) is 35.9 Å². The molecule has 2 N–H and O–H groups in total. The maximum absolute atomic E-state index is 11.8. The minimum absolute atomic E-state index is 0.0831. The Morgan fingerprint density at radius 1 is 1.47 bits per heavy atom. The Hall–Kier alpha value is -1.69. The molecule has 19 heavy (non-hydrogen) atoms. The number of carbonyl (C=O) groups excluding carboxylic acids is 2. The van der Waals surface area contributed by atoms with Crippen molar-refractivity contribution in [3.63, 3.8) is 0 Å². The molecule has 1 fully saturated rings. The second kappa shape index (κ2) is 5.52. The summed E-state index contributed by atoms with van der Waals surface area (Å²) in [5, 5.41) is 5.85. The monoisotopic (exact) mass is 282 g/mol. The van der Waals surface area contributed by atoms with Gasteiger partial charge in [-0.05, 0) is 26.7 Å². The first-order valence-corrected chi connectivity index (χ1v) is 6.45. The highest BCUT2D eigenvalue weighted by Crippen LogP contribution is 2.21. The van der Waals surface area contributed by atoms with Crippen molar-refractivity contribution in [1.29, 1.82) is 0 Å². The number of halogens is 1. The molecule has 102 valence electrons. The van der Waals surface area contributed by atoms with E-state index in [2.05, 4.69) is 20.6 Å². The van der Waals surface area contributed by atoms with Crippen LogP contribution in [0.25, 0.3) is 0 Å². The van der Waals surface area contributed by atoms with E-state index in [4.69, 9.17) is 11.6 Å². The Kier molecular flexibility index (Phi) is 3.99. The summed E-state index contributed by atoms with van der Waals surface area (Å²) < 4.78 is 0. The van der Waals surface area contributed by atoms with Gasteiger partial charge in [-0.25, -0.2) is 9.97 Å². The lowest BCUT2D eigenvalue weighted by Gasteiger charge is -2.16. The molecule has 2 rings (SSSR count). The van der Waals surface area contributed by atoms with Gasteiger partial charge in [-0.15, -0.1) is 0 Å².